The van der Waals surface area contributed by atoms with E-state index in [-0.39, 0.29) is 38.6 Å². The average Bonchev–Trinajstić information content (AvgIpc) is 3.17. The maximum atomic E-state index is 12.6. The zero-order valence-electron chi connectivity index (χ0n) is 35.7. The second-order valence-corrected chi connectivity index (χ2v) is 16.7. The highest BCUT2D eigenvalue weighted by atomic mass is 31.2. The molecule has 0 fully saturated rings. The number of ether oxygens (including phenoxy) is 2. The van der Waals surface area contributed by atoms with Gasteiger partial charge in [0.05, 0.1) is 13.2 Å². The Morgan fingerprint density at radius 2 is 0.891 bits per heavy atom. The summed E-state index contributed by atoms with van der Waals surface area (Å²) < 4.78 is 32.8. The largest absolute Gasteiger partial charge is 0.472 e. The van der Waals surface area contributed by atoms with Crippen molar-refractivity contribution in [3.8, 4) is 0 Å². The fourth-order valence-corrected chi connectivity index (χ4v) is 7.15. The van der Waals surface area contributed by atoms with Crippen molar-refractivity contribution in [1.29, 1.82) is 0 Å². The predicted molar refractivity (Wildman–Crippen MR) is 229 cm³/mol. The van der Waals surface area contributed by atoms with Crippen LogP contribution in [0.15, 0.2) is 24.3 Å². The molecule has 0 saturated carbocycles. The first kappa shape index (κ1) is 53.5. The van der Waals surface area contributed by atoms with Crippen LogP contribution >= 0.6 is 7.82 Å². The van der Waals surface area contributed by atoms with Gasteiger partial charge in [-0.25, -0.2) is 4.57 Å². The molecule has 0 aliphatic heterocycles. The molecule has 0 aromatic heterocycles. The van der Waals surface area contributed by atoms with E-state index >= 15 is 0 Å². The summed E-state index contributed by atoms with van der Waals surface area (Å²) in [7, 11) is -4.38. The van der Waals surface area contributed by atoms with E-state index in [1.807, 2.05) is 0 Å². The Morgan fingerprint density at radius 3 is 1.31 bits per heavy atom. The van der Waals surface area contributed by atoms with E-state index in [9.17, 15) is 19.0 Å². The number of esters is 2. The molecule has 0 amide bonds. The molecule has 0 saturated heterocycles. The van der Waals surface area contributed by atoms with E-state index in [1.165, 1.54) is 135 Å². The number of unbranched alkanes of at least 4 members (excludes halogenated alkanes) is 26. The number of rotatable bonds is 43. The minimum absolute atomic E-state index is 0.0537. The van der Waals surface area contributed by atoms with Gasteiger partial charge in [-0.1, -0.05) is 167 Å². The molecule has 324 valence electrons. The highest BCUT2D eigenvalue weighted by Gasteiger charge is 2.26. The lowest BCUT2D eigenvalue weighted by molar-refractivity contribution is -0.161. The lowest BCUT2D eigenvalue weighted by Gasteiger charge is -2.19. The third kappa shape index (κ3) is 41.9. The maximum Gasteiger partial charge on any atom is 0.472 e. The minimum Gasteiger partial charge on any atom is -0.462 e. The molecule has 0 aromatic rings. The number of hydrogen-bond acceptors (Lipinski definition) is 8. The van der Waals surface area contributed by atoms with Gasteiger partial charge in [-0.05, 0) is 64.2 Å². The Morgan fingerprint density at radius 1 is 0.527 bits per heavy atom. The summed E-state index contributed by atoms with van der Waals surface area (Å²) in [4.78, 5) is 34.9. The van der Waals surface area contributed by atoms with Gasteiger partial charge in [0.2, 0.25) is 0 Å². The standard InChI is InChI=1S/C45H86NO8P/c1-3-5-7-9-11-13-15-17-19-21-23-25-27-29-31-33-35-37-44(47)51-41-43(42-53-55(49,50)52-40-39-46)54-45(48)38-36-34-32-30-28-26-24-22-20-18-16-14-12-10-8-6-4-2/h14,16-17,19,43H,3-13,15,18,20-42,46H2,1-2H3,(H,49,50)/b16-14+,19-17+/t43-/m1/s1. The van der Waals surface area contributed by atoms with Gasteiger partial charge < -0.3 is 20.1 Å². The number of carbonyl (C=O) groups is 2. The molecule has 0 rings (SSSR count). The van der Waals surface area contributed by atoms with Crippen LogP contribution in [0.3, 0.4) is 0 Å². The normalized spacial score (nSPS) is 13.5. The monoisotopic (exact) mass is 800 g/mol. The SMILES string of the molecule is CCCCCC/C=C/CCCCCCCCCCCC(=O)O[C@H](COC(=O)CCCCCCCCC/C=C/CCCCCCCC)COP(=O)(O)OCCN. The summed E-state index contributed by atoms with van der Waals surface area (Å²) in [6.07, 6.45) is 44.9. The fraction of sp³-hybridized carbons (Fsp3) is 0.867. The van der Waals surface area contributed by atoms with Gasteiger partial charge in [0, 0.05) is 19.4 Å². The van der Waals surface area contributed by atoms with Crippen LogP contribution in [0.2, 0.25) is 0 Å². The highest BCUT2D eigenvalue weighted by Crippen LogP contribution is 2.43. The summed E-state index contributed by atoms with van der Waals surface area (Å²) in [6.45, 7) is 3.73. The summed E-state index contributed by atoms with van der Waals surface area (Å²) in [5.41, 5.74) is 5.35. The molecule has 0 spiro atoms. The zero-order chi connectivity index (χ0) is 40.3. The molecule has 1 unspecified atom stereocenters. The lowest BCUT2D eigenvalue weighted by Crippen LogP contribution is -2.29. The van der Waals surface area contributed by atoms with Gasteiger partial charge in [-0.2, -0.15) is 0 Å². The van der Waals surface area contributed by atoms with Gasteiger partial charge in [-0.15, -0.1) is 0 Å². The number of phosphoric ester groups is 1. The van der Waals surface area contributed by atoms with Crippen LogP contribution in [0.25, 0.3) is 0 Å². The zero-order valence-corrected chi connectivity index (χ0v) is 36.6. The summed E-state index contributed by atoms with van der Waals surface area (Å²) >= 11 is 0. The van der Waals surface area contributed by atoms with Crippen LogP contribution < -0.4 is 5.73 Å². The van der Waals surface area contributed by atoms with Crippen LogP contribution in [0, 0.1) is 0 Å². The minimum atomic E-state index is -4.38. The third-order valence-electron chi connectivity index (χ3n) is 9.81. The van der Waals surface area contributed by atoms with Crippen LogP contribution in [-0.4, -0.2) is 49.3 Å². The van der Waals surface area contributed by atoms with Crippen molar-refractivity contribution in [3.05, 3.63) is 24.3 Å². The molecule has 10 heteroatoms. The van der Waals surface area contributed by atoms with Crippen molar-refractivity contribution in [2.24, 2.45) is 5.73 Å². The Bertz CT molecular complexity index is 959. The average molecular weight is 800 g/mol. The molecule has 0 bridgehead atoms. The van der Waals surface area contributed by atoms with Crippen LogP contribution in [-0.2, 0) is 32.7 Å². The molecule has 0 aliphatic rings. The second-order valence-electron chi connectivity index (χ2n) is 15.3. The lowest BCUT2D eigenvalue weighted by atomic mass is 10.1. The molecule has 0 aliphatic carbocycles. The van der Waals surface area contributed by atoms with Crippen molar-refractivity contribution in [2.75, 3.05) is 26.4 Å². The summed E-state index contributed by atoms with van der Waals surface area (Å²) in [5.74, 6) is -0.829. The quantitative estimate of drug-likeness (QED) is 0.0267. The second kappa shape index (κ2) is 42.1. The van der Waals surface area contributed by atoms with Crippen molar-refractivity contribution in [2.45, 2.75) is 225 Å². The first-order valence-corrected chi connectivity index (χ1v) is 24.3. The third-order valence-corrected chi connectivity index (χ3v) is 10.8. The van der Waals surface area contributed by atoms with E-state index in [0.717, 1.165) is 51.4 Å². The maximum absolute atomic E-state index is 12.6. The molecule has 2 atom stereocenters. The number of hydrogen-bond donors (Lipinski definition) is 2. The summed E-state index contributed by atoms with van der Waals surface area (Å²) in [5, 5.41) is 0. The molecular weight excluding hydrogens is 713 g/mol. The molecule has 0 aromatic carbocycles. The Labute approximate surface area is 338 Å². The number of allylic oxidation sites excluding steroid dienone is 4. The van der Waals surface area contributed by atoms with Gasteiger partial charge >= 0.3 is 19.8 Å². The van der Waals surface area contributed by atoms with Crippen LogP contribution in [0.5, 0.6) is 0 Å². The van der Waals surface area contributed by atoms with E-state index in [1.54, 1.807) is 0 Å². The van der Waals surface area contributed by atoms with Gasteiger partial charge in [-0.3, -0.25) is 18.6 Å². The summed E-state index contributed by atoms with van der Waals surface area (Å²) in [6, 6.07) is 0. The molecular formula is C45H86NO8P. The Balaban J connectivity index is 4.11. The smallest absolute Gasteiger partial charge is 0.462 e. The first-order chi connectivity index (χ1) is 26.8. The number of carbonyl (C=O) groups excluding carboxylic acids is 2. The Kier molecular flexibility index (Phi) is 40.9. The van der Waals surface area contributed by atoms with E-state index in [4.69, 9.17) is 24.3 Å². The molecule has 0 radical (unpaired) electrons. The van der Waals surface area contributed by atoms with Crippen molar-refractivity contribution >= 4 is 19.8 Å². The highest BCUT2D eigenvalue weighted by molar-refractivity contribution is 7.47. The fourth-order valence-electron chi connectivity index (χ4n) is 6.39. The van der Waals surface area contributed by atoms with Crippen molar-refractivity contribution in [1.82, 2.24) is 0 Å². The van der Waals surface area contributed by atoms with Gasteiger partial charge in [0.25, 0.3) is 0 Å². The first-order valence-electron chi connectivity index (χ1n) is 22.8. The van der Waals surface area contributed by atoms with E-state index in [2.05, 4.69) is 38.2 Å². The molecule has 9 nitrogen and oxygen atoms in total. The van der Waals surface area contributed by atoms with Crippen molar-refractivity contribution in [3.63, 3.8) is 0 Å². The number of nitrogens with two attached hydrogens (primary N) is 1. The number of phosphoric acid groups is 1. The van der Waals surface area contributed by atoms with Gasteiger partial charge in [0.1, 0.15) is 6.61 Å². The van der Waals surface area contributed by atoms with E-state index < -0.39 is 26.5 Å². The predicted octanol–water partition coefficient (Wildman–Crippen LogP) is 13.2. The van der Waals surface area contributed by atoms with E-state index in [0.29, 0.717) is 6.42 Å². The molecule has 0 heterocycles. The van der Waals surface area contributed by atoms with Crippen LogP contribution in [0.4, 0.5) is 0 Å². The molecule has 3 N–H and O–H groups in total. The van der Waals surface area contributed by atoms with Crippen LogP contribution in [0.1, 0.15) is 219 Å². The molecule has 55 heavy (non-hydrogen) atoms. The van der Waals surface area contributed by atoms with Crippen molar-refractivity contribution < 1.29 is 37.6 Å². The topological polar surface area (TPSA) is 134 Å². The van der Waals surface area contributed by atoms with Gasteiger partial charge in [0.15, 0.2) is 6.10 Å². The Hall–Kier alpha value is -1.51.